The van der Waals surface area contributed by atoms with Gasteiger partial charge < -0.3 is 19.9 Å². The number of anilines is 1. The van der Waals surface area contributed by atoms with Gasteiger partial charge in [-0.15, -0.1) is 0 Å². The van der Waals surface area contributed by atoms with Crippen LogP contribution in [0.25, 0.3) is 4.96 Å². The van der Waals surface area contributed by atoms with Crippen LogP contribution in [0.3, 0.4) is 0 Å². The number of likely N-dealkylation sites (N-methyl/N-ethyl adjacent to an activating group) is 1. The summed E-state index contributed by atoms with van der Waals surface area (Å²) in [5.74, 6) is 0.588. The van der Waals surface area contributed by atoms with Crippen molar-refractivity contribution in [3.8, 4) is 0 Å². The maximum atomic E-state index is 12.3. The Hall–Kier alpha value is -2.20. The zero-order valence-corrected chi connectivity index (χ0v) is 15.9. The molecule has 2 aromatic rings. The second-order valence-corrected chi connectivity index (χ2v) is 7.13. The third-order valence-corrected chi connectivity index (χ3v) is 5.51. The summed E-state index contributed by atoms with van der Waals surface area (Å²) in [4.78, 5) is 34.5. The zero-order chi connectivity index (χ0) is 18.7. The van der Waals surface area contributed by atoms with Gasteiger partial charge in [-0.05, 0) is 25.2 Å². The first-order valence-corrected chi connectivity index (χ1v) is 9.78. The number of hydrogen-bond acceptors (Lipinski definition) is 7. The van der Waals surface area contributed by atoms with E-state index in [1.54, 1.807) is 11.6 Å². The van der Waals surface area contributed by atoms with Crippen LogP contribution in [0.4, 0.5) is 11.6 Å². The molecule has 1 fully saturated rings. The minimum atomic E-state index is -0.366. The number of imidazole rings is 1. The van der Waals surface area contributed by atoms with Crippen molar-refractivity contribution in [1.82, 2.24) is 19.2 Å². The number of hydrogen-bond donors (Lipinski definition) is 0. The average molecular weight is 380 g/mol. The Labute approximate surface area is 156 Å². The molecule has 0 atom stereocenters. The van der Waals surface area contributed by atoms with Crippen LogP contribution >= 0.6 is 11.3 Å². The highest BCUT2D eigenvalue weighted by atomic mass is 32.1. The van der Waals surface area contributed by atoms with Crippen LogP contribution in [0.2, 0.25) is 0 Å². The van der Waals surface area contributed by atoms with Gasteiger partial charge in [0.25, 0.3) is 4.96 Å². The third-order valence-electron chi connectivity index (χ3n) is 4.76. The highest BCUT2D eigenvalue weighted by molar-refractivity contribution is 7.15. The van der Waals surface area contributed by atoms with E-state index in [0.717, 1.165) is 13.0 Å². The van der Waals surface area contributed by atoms with Crippen LogP contribution in [0.1, 0.15) is 20.3 Å². The van der Waals surface area contributed by atoms with Gasteiger partial charge in [0.15, 0.2) is 0 Å². The molecule has 3 heterocycles. The molecule has 26 heavy (non-hydrogen) atoms. The van der Waals surface area contributed by atoms with E-state index in [2.05, 4.69) is 9.88 Å². The summed E-state index contributed by atoms with van der Waals surface area (Å²) in [5, 5.41) is 13.3. The summed E-state index contributed by atoms with van der Waals surface area (Å²) in [6.07, 6.45) is 2.52. The van der Waals surface area contributed by atoms with Crippen LogP contribution in [0.5, 0.6) is 0 Å². The lowest BCUT2D eigenvalue weighted by atomic mass is 10.3. The monoisotopic (exact) mass is 380 g/mol. The maximum Gasteiger partial charge on any atom is 0.373 e. The van der Waals surface area contributed by atoms with Crippen molar-refractivity contribution in [2.75, 3.05) is 50.7 Å². The Balaban J connectivity index is 1.71. The number of amides is 1. The molecule has 1 aliphatic heterocycles. The molecular weight excluding hydrogens is 356 g/mol. The molecule has 0 unspecified atom stereocenters. The lowest BCUT2D eigenvalue weighted by Gasteiger charge is -2.25. The number of nitro groups is 1. The fraction of sp³-hybridized carbons (Fsp3) is 0.625. The van der Waals surface area contributed by atoms with E-state index in [0.29, 0.717) is 50.0 Å². The van der Waals surface area contributed by atoms with Crippen molar-refractivity contribution in [3.63, 3.8) is 0 Å². The van der Waals surface area contributed by atoms with Crippen molar-refractivity contribution < 1.29 is 9.72 Å². The van der Waals surface area contributed by atoms with E-state index in [9.17, 15) is 14.9 Å². The number of carbonyl (C=O) groups is 1. The first kappa shape index (κ1) is 18.6. The van der Waals surface area contributed by atoms with E-state index in [1.165, 1.54) is 15.7 Å². The second kappa shape index (κ2) is 8.00. The normalized spacial score (nSPS) is 16.0. The molecule has 0 radical (unpaired) electrons. The van der Waals surface area contributed by atoms with Crippen LogP contribution in [-0.4, -0.2) is 75.8 Å². The molecule has 142 valence electrons. The second-order valence-electron chi connectivity index (χ2n) is 6.25. The minimum absolute atomic E-state index is 0.0221. The standard InChI is InChI=1S/C16H24N6O3S/c1-3-19(4-2)13(23)12-18-6-5-7-20(9-8-18)14-15(22(24)25)21-10-11-26-16(21)17-14/h10-11H,3-9,12H2,1-2H3. The smallest absolute Gasteiger partial charge is 0.358 e. The Bertz CT molecular complexity index is 784. The van der Waals surface area contributed by atoms with Crippen molar-refractivity contribution in [2.45, 2.75) is 20.3 Å². The summed E-state index contributed by atoms with van der Waals surface area (Å²) < 4.78 is 1.53. The summed E-state index contributed by atoms with van der Waals surface area (Å²) in [7, 11) is 0. The Morgan fingerprint density at radius 3 is 2.77 bits per heavy atom. The lowest BCUT2D eigenvalue weighted by molar-refractivity contribution is -0.389. The van der Waals surface area contributed by atoms with Gasteiger partial charge in [-0.2, -0.15) is 9.38 Å². The molecule has 10 heteroatoms. The van der Waals surface area contributed by atoms with E-state index in [1.807, 2.05) is 23.6 Å². The third kappa shape index (κ3) is 3.65. The van der Waals surface area contributed by atoms with Crippen LogP contribution in [-0.2, 0) is 4.79 Å². The first-order valence-electron chi connectivity index (χ1n) is 8.90. The predicted octanol–water partition coefficient (Wildman–Crippen LogP) is 1.68. The summed E-state index contributed by atoms with van der Waals surface area (Å²) in [5.41, 5.74) is 0. The summed E-state index contributed by atoms with van der Waals surface area (Å²) >= 11 is 1.39. The van der Waals surface area contributed by atoms with Gasteiger partial charge in [0, 0.05) is 44.6 Å². The first-order chi connectivity index (χ1) is 12.5. The topological polar surface area (TPSA) is 87.2 Å². The number of nitrogens with zero attached hydrogens (tertiary/aromatic N) is 6. The van der Waals surface area contributed by atoms with Gasteiger partial charge in [0.2, 0.25) is 11.7 Å². The Morgan fingerprint density at radius 2 is 2.08 bits per heavy atom. The van der Waals surface area contributed by atoms with Gasteiger partial charge in [-0.25, -0.2) is 0 Å². The van der Waals surface area contributed by atoms with Crippen LogP contribution < -0.4 is 4.90 Å². The molecule has 0 spiro atoms. The largest absolute Gasteiger partial charge is 0.373 e. The molecule has 9 nitrogen and oxygen atoms in total. The SMILES string of the molecule is CCN(CC)C(=O)CN1CCCN(c2nc3sccn3c2[N+](=O)[O-])CC1. The highest BCUT2D eigenvalue weighted by Crippen LogP contribution is 2.31. The summed E-state index contributed by atoms with van der Waals surface area (Å²) in [6.45, 7) is 8.60. The van der Waals surface area contributed by atoms with E-state index < -0.39 is 0 Å². The molecule has 0 aromatic carbocycles. The van der Waals surface area contributed by atoms with Gasteiger partial charge in [-0.3, -0.25) is 9.69 Å². The van der Waals surface area contributed by atoms with Crippen molar-refractivity contribution in [1.29, 1.82) is 0 Å². The van der Waals surface area contributed by atoms with Crippen molar-refractivity contribution in [2.24, 2.45) is 0 Å². The maximum absolute atomic E-state index is 12.3. The molecule has 1 saturated heterocycles. The molecule has 0 bridgehead atoms. The molecule has 0 aliphatic carbocycles. The van der Waals surface area contributed by atoms with Crippen molar-refractivity contribution in [3.05, 3.63) is 21.7 Å². The Morgan fingerprint density at radius 1 is 1.31 bits per heavy atom. The van der Waals surface area contributed by atoms with E-state index in [4.69, 9.17) is 0 Å². The van der Waals surface area contributed by atoms with E-state index in [-0.39, 0.29) is 16.6 Å². The molecular formula is C16H24N6O3S. The molecule has 1 amide bonds. The van der Waals surface area contributed by atoms with Crippen LogP contribution in [0, 0.1) is 10.1 Å². The van der Waals surface area contributed by atoms with Gasteiger partial charge in [-0.1, -0.05) is 11.3 Å². The molecule has 0 N–H and O–H groups in total. The molecule has 1 aliphatic rings. The number of thiazole rings is 1. The summed E-state index contributed by atoms with van der Waals surface area (Å²) in [6, 6.07) is 0. The zero-order valence-electron chi connectivity index (χ0n) is 15.1. The van der Waals surface area contributed by atoms with Gasteiger partial charge in [0.1, 0.15) is 6.20 Å². The fourth-order valence-electron chi connectivity index (χ4n) is 3.35. The van der Waals surface area contributed by atoms with Gasteiger partial charge in [0.05, 0.1) is 6.54 Å². The minimum Gasteiger partial charge on any atom is -0.358 e. The molecule has 3 rings (SSSR count). The predicted molar refractivity (Wildman–Crippen MR) is 101 cm³/mol. The van der Waals surface area contributed by atoms with Gasteiger partial charge >= 0.3 is 5.82 Å². The number of aromatic nitrogens is 2. The van der Waals surface area contributed by atoms with E-state index >= 15 is 0 Å². The molecule has 0 saturated carbocycles. The number of carbonyl (C=O) groups excluding carboxylic acids is 1. The quantitative estimate of drug-likeness (QED) is 0.560. The molecule has 2 aromatic heterocycles. The van der Waals surface area contributed by atoms with Crippen molar-refractivity contribution >= 4 is 33.8 Å². The highest BCUT2D eigenvalue weighted by Gasteiger charge is 2.29. The fourth-order valence-corrected chi connectivity index (χ4v) is 4.06. The van der Waals surface area contributed by atoms with Crippen LogP contribution in [0.15, 0.2) is 11.6 Å². The number of rotatable bonds is 6. The average Bonchev–Trinajstić information content (AvgIpc) is 3.11. The Kier molecular flexibility index (Phi) is 5.72. The number of fused-ring (bicyclic) bond motifs is 1. The lowest BCUT2D eigenvalue weighted by Crippen LogP contribution is -2.41.